The minimum atomic E-state index is -0.449. The fraction of sp³-hybridized carbons (Fsp3) is 0.316. The summed E-state index contributed by atoms with van der Waals surface area (Å²) in [6.45, 7) is 0.975. The van der Waals surface area contributed by atoms with Crippen molar-refractivity contribution in [1.82, 2.24) is 4.90 Å². The van der Waals surface area contributed by atoms with Gasteiger partial charge in [0.1, 0.15) is 17.4 Å². The molecule has 1 heterocycles. The summed E-state index contributed by atoms with van der Waals surface area (Å²) < 4.78 is 32.9. The molecule has 3 nitrogen and oxygen atoms in total. The van der Waals surface area contributed by atoms with Crippen LogP contribution in [0, 0.1) is 11.6 Å². The molecule has 138 valence electrons. The molecule has 2 aromatic carbocycles. The van der Waals surface area contributed by atoms with Gasteiger partial charge in [-0.15, -0.1) is 0 Å². The number of halogens is 3. The van der Waals surface area contributed by atoms with Gasteiger partial charge in [0, 0.05) is 34.7 Å². The van der Waals surface area contributed by atoms with Crippen LogP contribution in [0.4, 0.5) is 8.78 Å². The molecule has 1 amide bonds. The van der Waals surface area contributed by atoms with Crippen LogP contribution in [0.2, 0.25) is 5.02 Å². The van der Waals surface area contributed by atoms with Gasteiger partial charge >= 0.3 is 0 Å². The molecular formula is C19H18ClF2NO2S. The zero-order valence-corrected chi connectivity index (χ0v) is 15.5. The van der Waals surface area contributed by atoms with Crippen molar-refractivity contribution >= 4 is 29.3 Å². The third-order valence-corrected chi connectivity index (χ3v) is 5.74. The molecule has 0 aliphatic carbocycles. The largest absolute Gasteiger partial charge is 0.484 e. The predicted molar refractivity (Wildman–Crippen MR) is 99.7 cm³/mol. The third kappa shape index (κ3) is 4.89. The molecule has 0 aromatic heterocycles. The highest BCUT2D eigenvalue weighted by Gasteiger charge is 2.24. The second-order valence-electron chi connectivity index (χ2n) is 5.94. The van der Waals surface area contributed by atoms with Crippen molar-refractivity contribution in [2.24, 2.45) is 0 Å². The van der Waals surface area contributed by atoms with Gasteiger partial charge in [-0.1, -0.05) is 11.6 Å². The first-order valence-electron chi connectivity index (χ1n) is 8.25. The predicted octanol–water partition coefficient (Wildman–Crippen LogP) is 4.70. The van der Waals surface area contributed by atoms with E-state index in [1.807, 2.05) is 0 Å². The van der Waals surface area contributed by atoms with Crippen LogP contribution in [0.1, 0.15) is 17.2 Å². The summed E-state index contributed by atoms with van der Waals surface area (Å²) in [6.07, 6.45) is 0.567. The average molecular weight is 398 g/mol. The second kappa shape index (κ2) is 8.73. The van der Waals surface area contributed by atoms with Gasteiger partial charge < -0.3 is 9.64 Å². The SMILES string of the molecule is O=C(COc1ccc(Cl)cc1)N1CCS[C@H](c2cc(F)ccc2F)CC1. The summed E-state index contributed by atoms with van der Waals surface area (Å²) in [5.74, 6) is 0.255. The van der Waals surface area contributed by atoms with Crippen LogP contribution < -0.4 is 4.74 Å². The van der Waals surface area contributed by atoms with E-state index in [0.717, 1.165) is 12.1 Å². The molecule has 0 bridgehead atoms. The summed E-state index contributed by atoms with van der Waals surface area (Å²) in [7, 11) is 0. The number of hydrogen-bond acceptors (Lipinski definition) is 3. The first-order valence-corrected chi connectivity index (χ1v) is 9.68. The number of nitrogens with zero attached hydrogens (tertiary/aromatic N) is 1. The fourth-order valence-electron chi connectivity index (χ4n) is 2.80. The van der Waals surface area contributed by atoms with Gasteiger partial charge in [-0.05, 0) is 48.9 Å². The molecule has 1 fully saturated rings. The average Bonchev–Trinajstić information content (AvgIpc) is 2.89. The van der Waals surface area contributed by atoms with E-state index in [-0.39, 0.29) is 17.8 Å². The number of hydrogen-bond donors (Lipinski definition) is 0. The molecular weight excluding hydrogens is 380 g/mol. The van der Waals surface area contributed by atoms with Gasteiger partial charge in [-0.2, -0.15) is 11.8 Å². The first kappa shape index (κ1) is 19.0. The lowest BCUT2D eigenvalue weighted by Crippen LogP contribution is -2.36. The molecule has 1 atom stereocenters. The number of carbonyl (C=O) groups excluding carboxylic acids is 1. The Balaban J connectivity index is 1.56. The fourth-order valence-corrected chi connectivity index (χ4v) is 4.17. The Labute approximate surface area is 160 Å². The van der Waals surface area contributed by atoms with E-state index in [1.165, 1.54) is 6.07 Å². The van der Waals surface area contributed by atoms with Gasteiger partial charge in [-0.25, -0.2) is 8.78 Å². The Bertz CT molecular complexity index is 773. The topological polar surface area (TPSA) is 29.5 Å². The summed E-state index contributed by atoms with van der Waals surface area (Å²) >= 11 is 7.36. The van der Waals surface area contributed by atoms with Crippen LogP contribution in [-0.2, 0) is 4.79 Å². The van der Waals surface area contributed by atoms with Crippen LogP contribution in [0.3, 0.4) is 0 Å². The van der Waals surface area contributed by atoms with E-state index in [9.17, 15) is 13.6 Å². The maximum atomic E-state index is 14.0. The second-order valence-corrected chi connectivity index (χ2v) is 7.68. The van der Waals surface area contributed by atoms with E-state index in [2.05, 4.69) is 0 Å². The van der Waals surface area contributed by atoms with E-state index in [4.69, 9.17) is 16.3 Å². The van der Waals surface area contributed by atoms with Crippen LogP contribution in [0.25, 0.3) is 0 Å². The van der Waals surface area contributed by atoms with Crippen LogP contribution in [0.15, 0.2) is 42.5 Å². The van der Waals surface area contributed by atoms with Crippen molar-refractivity contribution in [3.63, 3.8) is 0 Å². The van der Waals surface area contributed by atoms with Crippen molar-refractivity contribution in [1.29, 1.82) is 0 Å². The lowest BCUT2D eigenvalue weighted by Gasteiger charge is -2.20. The summed E-state index contributed by atoms with van der Waals surface area (Å²) in [6, 6.07) is 10.3. The number of thioether (sulfide) groups is 1. The molecule has 0 spiro atoms. The Morgan fingerprint density at radius 3 is 2.73 bits per heavy atom. The summed E-state index contributed by atoms with van der Waals surface area (Å²) in [5.41, 5.74) is 0.363. The summed E-state index contributed by atoms with van der Waals surface area (Å²) in [4.78, 5) is 14.1. The van der Waals surface area contributed by atoms with Gasteiger partial charge in [0.2, 0.25) is 0 Å². The van der Waals surface area contributed by atoms with Crippen LogP contribution in [-0.4, -0.2) is 36.3 Å². The Morgan fingerprint density at radius 1 is 1.19 bits per heavy atom. The monoisotopic (exact) mass is 397 g/mol. The standard InChI is InChI=1S/C19H18ClF2NO2S/c20-13-1-4-15(5-2-13)25-12-19(24)23-8-7-18(26-10-9-23)16-11-14(21)3-6-17(16)22/h1-6,11,18H,7-10,12H2/t18-/m0/s1. The van der Waals surface area contributed by atoms with Crippen molar-refractivity contribution in [2.75, 3.05) is 25.4 Å². The first-order chi connectivity index (χ1) is 12.5. The number of ether oxygens (including phenoxy) is 1. The number of benzene rings is 2. The number of carbonyl (C=O) groups is 1. The zero-order valence-electron chi connectivity index (χ0n) is 14.0. The van der Waals surface area contributed by atoms with E-state index < -0.39 is 11.6 Å². The summed E-state index contributed by atoms with van der Waals surface area (Å²) in [5, 5.41) is 0.435. The molecule has 1 saturated heterocycles. The lowest BCUT2D eigenvalue weighted by molar-refractivity contribution is -0.133. The molecule has 26 heavy (non-hydrogen) atoms. The maximum absolute atomic E-state index is 14.0. The molecule has 1 aliphatic rings. The normalized spacial score (nSPS) is 17.7. The van der Waals surface area contributed by atoms with Crippen molar-refractivity contribution in [3.05, 3.63) is 64.7 Å². The molecule has 0 N–H and O–H groups in total. The molecule has 0 radical (unpaired) electrons. The third-order valence-electron chi connectivity index (χ3n) is 4.18. The van der Waals surface area contributed by atoms with E-state index in [0.29, 0.717) is 41.6 Å². The van der Waals surface area contributed by atoms with Gasteiger partial charge in [0.05, 0.1) is 0 Å². The van der Waals surface area contributed by atoms with Gasteiger partial charge in [0.25, 0.3) is 5.91 Å². The highest BCUT2D eigenvalue weighted by molar-refractivity contribution is 7.99. The quantitative estimate of drug-likeness (QED) is 0.748. The minimum Gasteiger partial charge on any atom is -0.484 e. The van der Waals surface area contributed by atoms with Crippen LogP contribution >= 0.6 is 23.4 Å². The van der Waals surface area contributed by atoms with Crippen molar-refractivity contribution in [3.8, 4) is 5.75 Å². The van der Waals surface area contributed by atoms with Gasteiger partial charge in [-0.3, -0.25) is 4.79 Å². The van der Waals surface area contributed by atoms with Gasteiger partial charge in [0.15, 0.2) is 6.61 Å². The maximum Gasteiger partial charge on any atom is 0.260 e. The highest BCUT2D eigenvalue weighted by Crippen LogP contribution is 2.36. The van der Waals surface area contributed by atoms with Crippen LogP contribution in [0.5, 0.6) is 5.75 Å². The molecule has 2 aromatic rings. The van der Waals surface area contributed by atoms with E-state index in [1.54, 1.807) is 40.9 Å². The van der Waals surface area contributed by atoms with Crippen molar-refractivity contribution in [2.45, 2.75) is 11.7 Å². The van der Waals surface area contributed by atoms with E-state index >= 15 is 0 Å². The molecule has 1 aliphatic heterocycles. The molecule has 7 heteroatoms. The molecule has 3 rings (SSSR count). The Kier molecular flexibility index (Phi) is 6.38. The minimum absolute atomic E-state index is 0.0642. The number of amides is 1. The smallest absolute Gasteiger partial charge is 0.260 e. The zero-order chi connectivity index (χ0) is 18.5. The Morgan fingerprint density at radius 2 is 1.96 bits per heavy atom. The highest BCUT2D eigenvalue weighted by atomic mass is 35.5. The van der Waals surface area contributed by atoms with Crippen molar-refractivity contribution < 1.29 is 18.3 Å². The lowest BCUT2D eigenvalue weighted by atomic mass is 10.1. The number of rotatable bonds is 4. The molecule has 0 unspecified atom stereocenters. The molecule has 0 saturated carbocycles. The Hall–Kier alpha value is -1.79.